The van der Waals surface area contributed by atoms with Gasteiger partial charge < -0.3 is 11.5 Å². The van der Waals surface area contributed by atoms with E-state index in [2.05, 4.69) is 0 Å². The van der Waals surface area contributed by atoms with Crippen molar-refractivity contribution in [2.75, 3.05) is 11.5 Å². The molecule has 0 saturated heterocycles. The second-order valence-corrected chi connectivity index (χ2v) is 5.14. The Balaban J connectivity index is 2.40. The molecule has 0 bridgehead atoms. The zero-order valence-electron chi connectivity index (χ0n) is 9.38. The number of anilines is 2. The number of hydrogen-bond acceptors (Lipinski definition) is 2. The number of nitrogens with two attached hydrogens (primary N) is 2. The van der Waals surface area contributed by atoms with Gasteiger partial charge in [0.15, 0.2) is 0 Å². The van der Waals surface area contributed by atoms with Crippen molar-refractivity contribution in [1.29, 1.82) is 0 Å². The van der Waals surface area contributed by atoms with Crippen LogP contribution < -0.4 is 11.5 Å². The fraction of sp³-hybridized carbons (Fsp3) is 0.0769. The zero-order valence-corrected chi connectivity index (χ0v) is 11.7. The van der Waals surface area contributed by atoms with Crippen LogP contribution >= 0.6 is 34.8 Å². The maximum atomic E-state index is 6.16. The quantitative estimate of drug-likeness (QED) is 0.638. The smallest absolute Gasteiger partial charge is 0.0825 e. The summed E-state index contributed by atoms with van der Waals surface area (Å²) in [6.45, 7) is 0. The van der Waals surface area contributed by atoms with Gasteiger partial charge in [-0.3, -0.25) is 0 Å². The normalized spacial score (nSPS) is 10.6. The summed E-state index contributed by atoms with van der Waals surface area (Å²) in [5.74, 6) is 0. The van der Waals surface area contributed by atoms with Crippen LogP contribution in [0.4, 0.5) is 11.4 Å². The highest BCUT2D eigenvalue weighted by Crippen LogP contribution is 2.37. The van der Waals surface area contributed by atoms with Gasteiger partial charge in [-0.25, -0.2) is 0 Å². The third kappa shape index (κ3) is 2.66. The van der Waals surface area contributed by atoms with Crippen molar-refractivity contribution in [3.63, 3.8) is 0 Å². The van der Waals surface area contributed by atoms with Crippen molar-refractivity contribution < 1.29 is 0 Å². The predicted octanol–water partition coefficient (Wildman–Crippen LogP) is 4.40. The first-order valence-corrected chi connectivity index (χ1v) is 6.38. The molecule has 2 aromatic carbocycles. The van der Waals surface area contributed by atoms with E-state index in [0.29, 0.717) is 32.9 Å². The molecule has 0 aromatic heterocycles. The van der Waals surface area contributed by atoms with Gasteiger partial charge in [0, 0.05) is 17.1 Å². The van der Waals surface area contributed by atoms with Crippen LogP contribution in [0.5, 0.6) is 0 Å². The van der Waals surface area contributed by atoms with Crippen LogP contribution in [-0.4, -0.2) is 0 Å². The van der Waals surface area contributed by atoms with Gasteiger partial charge in [-0.2, -0.15) is 0 Å². The van der Waals surface area contributed by atoms with E-state index < -0.39 is 0 Å². The summed E-state index contributed by atoms with van der Waals surface area (Å²) in [4.78, 5) is 0. The molecule has 5 heteroatoms. The van der Waals surface area contributed by atoms with Crippen LogP contribution in [0.25, 0.3) is 0 Å². The summed E-state index contributed by atoms with van der Waals surface area (Å²) in [5, 5.41) is 1.25. The highest BCUT2D eigenvalue weighted by Gasteiger charge is 2.13. The monoisotopic (exact) mass is 300 g/mol. The summed E-state index contributed by atoms with van der Waals surface area (Å²) in [5.41, 5.74) is 14.2. The fourth-order valence-electron chi connectivity index (χ4n) is 1.65. The molecule has 0 unspecified atom stereocenters. The Hall–Kier alpha value is -1.09. The molecule has 94 valence electrons. The zero-order chi connectivity index (χ0) is 13.3. The minimum absolute atomic E-state index is 0.339. The van der Waals surface area contributed by atoms with Crippen LogP contribution in [0.3, 0.4) is 0 Å². The van der Waals surface area contributed by atoms with E-state index in [0.717, 1.165) is 11.1 Å². The molecule has 0 atom stereocenters. The molecule has 4 N–H and O–H groups in total. The molecule has 2 nitrogen and oxygen atoms in total. The first kappa shape index (κ1) is 13.3. The van der Waals surface area contributed by atoms with Crippen molar-refractivity contribution in [2.45, 2.75) is 6.42 Å². The van der Waals surface area contributed by atoms with Gasteiger partial charge in [0.1, 0.15) is 0 Å². The lowest BCUT2D eigenvalue weighted by atomic mass is 10.0. The molecule has 0 aliphatic rings. The minimum atomic E-state index is 0.339. The van der Waals surface area contributed by atoms with Gasteiger partial charge in [0.25, 0.3) is 0 Å². The van der Waals surface area contributed by atoms with Crippen molar-refractivity contribution in [3.8, 4) is 0 Å². The molecular weight excluding hydrogens is 291 g/mol. The summed E-state index contributed by atoms with van der Waals surface area (Å²) in [7, 11) is 0. The summed E-state index contributed by atoms with van der Waals surface area (Å²) >= 11 is 18.3. The van der Waals surface area contributed by atoms with Gasteiger partial charge in [-0.1, -0.05) is 46.9 Å². The number of hydrogen-bond donors (Lipinski definition) is 2. The van der Waals surface area contributed by atoms with Gasteiger partial charge in [0.05, 0.1) is 15.7 Å². The van der Waals surface area contributed by atoms with E-state index in [1.54, 1.807) is 6.07 Å². The van der Waals surface area contributed by atoms with E-state index in [9.17, 15) is 0 Å². The molecule has 0 aliphatic carbocycles. The predicted molar refractivity (Wildman–Crippen MR) is 79.5 cm³/mol. The van der Waals surface area contributed by atoms with E-state index in [1.165, 1.54) is 0 Å². The number of rotatable bonds is 2. The van der Waals surface area contributed by atoms with Crippen LogP contribution in [0.1, 0.15) is 11.1 Å². The fourth-order valence-corrected chi connectivity index (χ4v) is 2.43. The second-order valence-electron chi connectivity index (χ2n) is 3.97. The standard InChI is InChI=1S/C13H11Cl3N2/c14-10-6-11(18)13(16)12(15)9(10)5-7-1-3-8(17)4-2-7/h1-4,6H,5,17-18H2. The molecular formula is C13H11Cl3N2. The molecule has 0 spiro atoms. The highest BCUT2D eigenvalue weighted by atomic mass is 35.5. The maximum Gasteiger partial charge on any atom is 0.0825 e. The Bertz CT molecular complexity index is 580. The van der Waals surface area contributed by atoms with Gasteiger partial charge in [-0.05, 0) is 29.3 Å². The Morgan fingerprint density at radius 1 is 0.889 bits per heavy atom. The van der Waals surface area contributed by atoms with E-state index >= 15 is 0 Å². The van der Waals surface area contributed by atoms with E-state index in [1.807, 2.05) is 24.3 Å². The summed E-state index contributed by atoms with van der Waals surface area (Å²) in [6.07, 6.45) is 0.581. The molecule has 18 heavy (non-hydrogen) atoms. The molecule has 0 fully saturated rings. The average molecular weight is 302 g/mol. The molecule has 0 radical (unpaired) electrons. The Morgan fingerprint density at radius 2 is 1.50 bits per heavy atom. The van der Waals surface area contributed by atoms with Gasteiger partial charge >= 0.3 is 0 Å². The third-order valence-electron chi connectivity index (χ3n) is 2.64. The largest absolute Gasteiger partial charge is 0.399 e. The summed E-state index contributed by atoms with van der Waals surface area (Å²) < 4.78 is 0. The molecule has 0 heterocycles. The first-order chi connectivity index (χ1) is 8.49. The van der Waals surface area contributed by atoms with Crippen LogP contribution in [0.15, 0.2) is 30.3 Å². The summed E-state index contributed by atoms with van der Waals surface area (Å²) in [6, 6.07) is 9.12. The van der Waals surface area contributed by atoms with Crippen molar-refractivity contribution in [3.05, 3.63) is 56.5 Å². The SMILES string of the molecule is Nc1ccc(Cc2c(Cl)cc(N)c(Cl)c2Cl)cc1. The Morgan fingerprint density at radius 3 is 2.11 bits per heavy atom. The minimum Gasteiger partial charge on any atom is -0.399 e. The van der Waals surface area contributed by atoms with Crippen LogP contribution in [0.2, 0.25) is 15.1 Å². The number of nitrogen functional groups attached to an aromatic ring is 2. The second kappa shape index (κ2) is 5.27. The molecule has 2 aromatic rings. The van der Waals surface area contributed by atoms with Crippen molar-refractivity contribution in [2.24, 2.45) is 0 Å². The van der Waals surface area contributed by atoms with Crippen molar-refractivity contribution >= 4 is 46.2 Å². The maximum absolute atomic E-state index is 6.16. The van der Waals surface area contributed by atoms with E-state index in [-0.39, 0.29) is 0 Å². The molecule has 0 amide bonds. The topological polar surface area (TPSA) is 52.0 Å². The van der Waals surface area contributed by atoms with Crippen molar-refractivity contribution in [1.82, 2.24) is 0 Å². The van der Waals surface area contributed by atoms with Gasteiger partial charge in [-0.15, -0.1) is 0 Å². The van der Waals surface area contributed by atoms with Gasteiger partial charge in [0.2, 0.25) is 0 Å². The number of halogens is 3. The van der Waals surface area contributed by atoms with Crippen LogP contribution in [-0.2, 0) is 6.42 Å². The Labute approximate surface area is 120 Å². The first-order valence-electron chi connectivity index (χ1n) is 5.25. The highest BCUT2D eigenvalue weighted by molar-refractivity contribution is 6.45. The third-order valence-corrected chi connectivity index (χ3v) is 3.90. The molecule has 0 saturated carbocycles. The Kier molecular flexibility index (Phi) is 3.91. The van der Waals surface area contributed by atoms with Crippen LogP contribution in [0, 0.1) is 0 Å². The number of benzene rings is 2. The lowest BCUT2D eigenvalue weighted by Crippen LogP contribution is -1.96. The molecule has 0 aliphatic heterocycles. The average Bonchev–Trinajstić information content (AvgIpc) is 2.34. The lowest BCUT2D eigenvalue weighted by Gasteiger charge is -2.11. The van der Waals surface area contributed by atoms with E-state index in [4.69, 9.17) is 46.3 Å². The lowest BCUT2D eigenvalue weighted by molar-refractivity contribution is 1.19. The molecule has 2 rings (SSSR count).